The molecule has 0 spiro atoms. The lowest BCUT2D eigenvalue weighted by Crippen LogP contribution is -2.39. The van der Waals surface area contributed by atoms with E-state index in [0.717, 1.165) is 45.3 Å². The van der Waals surface area contributed by atoms with Crippen LogP contribution in [0.15, 0.2) is 47.4 Å². The van der Waals surface area contributed by atoms with Crippen LogP contribution in [0.25, 0.3) is 0 Å². The van der Waals surface area contributed by atoms with Crippen LogP contribution in [0.3, 0.4) is 0 Å². The summed E-state index contributed by atoms with van der Waals surface area (Å²) >= 11 is 6.07. The minimum absolute atomic E-state index is 0. The number of likely N-dealkylation sites (tertiary alicyclic amines) is 1. The second-order valence-electron chi connectivity index (χ2n) is 8.76. The van der Waals surface area contributed by atoms with Crippen molar-refractivity contribution in [2.75, 3.05) is 44.8 Å². The van der Waals surface area contributed by atoms with Gasteiger partial charge in [-0.05, 0) is 69.4 Å². The van der Waals surface area contributed by atoms with Gasteiger partial charge in [-0.1, -0.05) is 36.2 Å². The molecule has 194 valence electrons. The van der Waals surface area contributed by atoms with Crippen LogP contribution in [0.5, 0.6) is 5.75 Å². The first-order chi connectivity index (χ1) is 16.3. The van der Waals surface area contributed by atoms with E-state index in [1.165, 1.54) is 7.11 Å². The molecule has 1 aliphatic rings. The van der Waals surface area contributed by atoms with Crippen molar-refractivity contribution in [2.24, 2.45) is 5.92 Å². The standard InChI is InChI=1S/C25H34ClN3O4S.ClH/c1-33-24-17-23(27)22(26)16-21(24)25(30)28-18-19-10-13-29(14-11-19)12-6-3-7-15-34(31,32)20-8-4-2-5-9-20;/h2,4-5,8-9,16-17,19H,3,6-7,10-15,18,27H2,1H3,(H,28,30);1H. The SMILES string of the molecule is COc1cc(N)c(Cl)cc1C(=O)NCC1CCN(CCCCCS(=O)(=O)c2ccccc2)CC1.Cl. The van der Waals surface area contributed by atoms with E-state index >= 15 is 0 Å². The molecule has 7 nitrogen and oxygen atoms in total. The minimum Gasteiger partial charge on any atom is -0.496 e. The molecule has 35 heavy (non-hydrogen) atoms. The van der Waals surface area contributed by atoms with Gasteiger partial charge in [0.1, 0.15) is 5.75 Å². The van der Waals surface area contributed by atoms with Crippen LogP contribution in [0.2, 0.25) is 5.02 Å². The third-order valence-electron chi connectivity index (χ3n) is 6.31. The predicted molar refractivity (Wildman–Crippen MR) is 144 cm³/mol. The molecule has 0 bridgehead atoms. The van der Waals surface area contributed by atoms with Gasteiger partial charge in [0, 0.05) is 12.6 Å². The van der Waals surface area contributed by atoms with Crippen molar-refractivity contribution in [3.63, 3.8) is 0 Å². The highest BCUT2D eigenvalue weighted by molar-refractivity contribution is 7.91. The molecule has 0 aliphatic carbocycles. The molecule has 2 aromatic rings. The Balaban J connectivity index is 0.00000432. The van der Waals surface area contributed by atoms with Gasteiger partial charge in [0.05, 0.1) is 34.0 Å². The monoisotopic (exact) mass is 543 g/mol. The number of methoxy groups -OCH3 is 1. The van der Waals surface area contributed by atoms with Crippen LogP contribution in [0.1, 0.15) is 42.5 Å². The fourth-order valence-electron chi connectivity index (χ4n) is 4.21. The summed E-state index contributed by atoms with van der Waals surface area (Å²) in [7, 11) is -1.69. The molecule has 0 saturated carbocycles. The first kappa shape index (κ1) is 29.2. The van der Waals surface area contributed by atoms with Gasteiger partial charge < -0.3 is 20.7 Å². The number of rotatable bonds is 11. The quantitative estimate of drug-likeness (QED) is 0.321. The second kappa shape index (κ2) is 13.9. The molecule has 0 unspecified atom stereocenters. The van der Waals surface area contributed by atoms with Crippen molar-refractivity contribution >= 4 is 45.4 Å². The largest absolute Gasteiger partial charge is 0.496 e. The highest BCUT2D eigenvalue weighted by atomic mass is 35.5. The Morgan fingerprint density at radius 2 is 1.83 bits per heavy atom. The van der Waals surface area contributed by atoms with Crippen LogP contribution in [-0.2, 0) is 9.84 Å². The van der Waals surface area contributed by atoms with Gasteiger partial charge >= 0.3 is 0 Å². The van der Waals surface area contributed by atoms with Crippen molar-refractivity contribution in [1.82, 2.24) is 10.2 Å². The lowest BCUT2D eigenvalue weighted by molar-refractivity contribution is 0.0933. The highest BCUT2D eigenvalue weighted by Gasteiger charge is 2.21. The third kappa shape index (κ3) is 8.56. The van der Waals surface area contributed by atoms with Crippen LogP contribution in [0, 0.1) is 5.92 Å². The first-order valence-corrected chi connectivity index (χ1v) is 13.7. The Morgan fingerprint density at radius 3 is 2.49 bits per heavy atom. The van der Waals surface area contributed by atoms with Crippen LogP contribution >= 0.6 is 24.0 Å². The van der Waals surface area contributed by atoms with Gasteiger partial charge in [-0.3, -0.25) is 4.79 Å². The van der Waals surface area contributed by atoms with Crippen molar-refractivity contribution in [3.8, 4) is 5.75 Å². The molecule has 1 heterocycles. The Hall–Kier alpha value is -2.00. The molecule has 1 amide bonds. The third-order valence-corrected chi connectivity index (χ3v) is 8.46. The Kier molecular flexibility index (Phi) is 11.6. The average Bonchev–Trinajstić information content (AvgIpc) is 2.85. The van der Waals surface area contributed by atoms with Crippen molar-refractivity contribution in [3.05, 3.63) is 53.1 Å². The number of nitrogens with zero attached hydrogens (tertiary/aromatic N) is 1. The number of carbonyl (C=O) groups excluding carboxylic acids is 1. The summed E-state index contributed by atoms with van der Waals surface area (Å²) in [6.07, 6.45) is 4.60. The summed E-state index contributed by atoms with van der Waals surface area (Å²) in [6, 6.07) is 11.7. The van der Waals surface area contributed by atoms with Gasteiger partial charge in [0.15, 0.2) is 9.84 Å². The Labute approximate surface area is 219 Å². The van der Waals surface area contributed by atoms with Crippen molar-refractivity contribution in [2.45, 2.75) is 37.0 Å². The molecule has 1 saturated heterocycles. The van der Waals surface area contributed by atoms with Gasteiger partial charge in [-0.2, -0.15) is 0 Å². The van der Waals surface area contributed by atoms with E-state index < -0.39 is 9.84 Å². The summed E-state index contributed by atoms with van der Waals surface area (Å²) in [5.74, 6) is 0.812. The number of amides is 1. The number of benzene rings is 2. The maximum Gasteiger partial charge on any atom is 0.255 e. The van der Waals surface area contributed by atoms with E-state index in [9.17, 15) is 13.2 Å². The summed E-state index contributed by atoms with van der Waals surface area (Å²) in [6.45, 7) is 3.56. The van der Waals surface area contributed by atoms with E-state index in [0.29, 0.717) is 45.8 Å². The number of nitrogen functional groups attached to an aromatic ring is 1. The Bertz CT molecular complexity index is 1060. The van der Waals surface area contributed by atoms with Crippen LogP contribution < -0.4 is 15.8 Å². The fraction of sp³-hybridized carbons (Fsp3) is 0.480. The topological polar surface area (TPSA) is 102 Å². The van der Waals surface area contributed by atoms with Gasteiger partial charge in [0.2, 0.25) is 0 Å². The van der Waals surface area contributed by atoms with Crippen molar-refractivity contribution < 1.29 is 17.9 Å². The molecular weight excluding hydrogens is 509 g/mol. The van der Waals surface area contributed by atoms with E-state index in [-0.39, 0.29) is 24.1 Å². The molecule has 1 aliphatic heterocycles. The predicted octanol–water partition coefficient (Wildman–Crippen LogP) is 4.44. The maximum atomic E-state index is 12.6. The van der Waals surface area contributed by atoms with Gasteiger partial charge in [-0.15, -0.1) is 12.4 Å². The molecule has 3 rings (SSSR count). The number of sulfone groups is 1. The van der Waals surface area contributed by atoms with Crippen LogP contribution in [0.4, 0.5) is 5.69 Å². The molecule has 0 radical (unpaired) electrons. The maximum absolute atomic E-state index is 12.6. The number of nitrogens with one attached hydrogen (secondary N) is 1. The first-order valence-electron chi connectivity index (χ1n) is 11.7. The molecule has 1 fully saturated rings. The number of hydrogen-bond acceptors (Lipinski definition) is 6. The van der Waals surface area contributed by atoms with Gasteiger partial charge in [-0.25, -0.2) is 8.42 Å². The summed E-state index contributed by atoms with van der Waals surface area (Å²) in [4.78, 5) is 15.4. The minimum atomic E-state index is -3.18. The summed E-state index contributed by atoms with van der Waals surface area (Å²) < 4.78 is 29.9. The lowest BCUT2D eigenvalue weighted by atomic mass is 9.96. The smallest absolute Gasteiger partial charge is 0.255 e. The van der Waals surface area contributed by atoms with E-state index in [1.807, 2.05) is 6.07 Å². The molecule has 3 N–H and O–H groups in total. The number of piperidine rings is 1. The second-order valence-corrected chi connectivity index (χ2v) is 11.3. The van der Waals surface area contributed by atoms with Crippen LogP contribution in [-0.4, -0.2) is 58.3 Å². The number of anilines is 1. The molecule has 2 aromatic carbocycles. The number of nitrogens with two attached hydrogens (primary N) is 1. The fourth-order valence-corrected chi connectivity index (χ4v) is 5.77. The Morgan fingerprint density at radius 1 is 1.14 bits per heavy atom. The number of halogens is 2. The highest BCUT2D eigenvalue weighted by Crippen LogP contribution is 2.29. The molecular formula is C25H35Cl2N3O4S. The number of unbranched alkanes of at least 4 members (excludes halogenated alkanes) is 2. The molecule has 10 heteroatoms. The van der Waals surface area contributed by atoms with Crippen molar-refractivity contribution in [1.29, 1.82) is 0 Å². The zero-order valence-electron chi connectivity index (χ0n) is 20.0. The van der Waals surface area contributed by atoms with Gasteiger partial charge in [0.25, 0.3) is 5.91 Å². The number of hydrogen-bond donors (Lipinski definition) is 2. The molecule has 0 aromatic heterocycles. The van der Waals surface area contributed by atoms with E-state index in [4.69, 9.17) is 22.1 Å². The number of carbonyl (C=O) groups is 1. The lowest BCUT2D eigenvalue weighted by Gasteiger charge is -2.32. The normalized spacial score (nSPS) is 14.8. The summed E-state index contributed by atoms with van der Waals surface area (Å²) in [5.41, 5.74) is 6.55. The molecule has 0 atom stereocenters. The zero-order chi connectivity index (χ0) is 24.6. The average molecular weight is 545 g/mol. The number of ether oxygens (including phenoxy) is 1. The zero-order valence-corrected chi connectivity index (χ0v) is 22.4. The van der Waals surface area contributed by atoms with E-state index in [1.54, 1.807) is 36.4 Å². The summed E-state index contributed by atoms with van der Waals surface area (Å²) in [5, 5.41) is 3.33. The van der Waals surface area contributed by atoms with E-state index in [2.05, 4.69) is 10.2 Å².